The first-order chi connectivity index (χ1) is 11.2. The van der Waals surface area contributed by atoms with E-state index < -0.39 is 0 Å². The zero-order chi connectivity index (χ0) is 16.9. The first-order valence-electron chi connectivity index (χ1n) is 8.21. The minimum Gasteiger partial charge on any atom is -0.382 e. The second-order valence-corrected chi connectivity index (χ2v) is 5.86. The highest BCUT2D eigenvalue weighted by Gasteiger charge is 2.05. The van der Waals surface area contributed by atoms with Gasteiger partial charge in [-0.25, -0.2) is 0 Å². The van der Waals surface area contributed by atoms with Gasteiger partial charge in [-0.05, 0) is 50.8 Å². The average Bonchev–Trinajstić information content (AvgIpc) is 2.53. The quantitative estimate of drug-likeness (QED) is 0.220. The molecule has 24 heavy (non-hydrogen) atoms. The fourth-order valence-corrected chi connectivity index (χ4v) is 2.66. The van der Waals surface area contributed by atoms with Crippen LogP contribution in [0.5, 0.6) is 0 Å². The SMILES string of the molecule is CCNC(=NCCCCOCC)NCCc1c(Cl)cccc1Cl.I. The lowest BCUT2D eigenvalue weighted by Gasteiger charge is -2.12. The smallest absolute Gasteiger partial charge is 0.191 e. The Morgan fingerprint density at radius 1 is 1.12 bits per heavy atom. The molecule has 0 unspecified atom stereocenters. The molecule has 1 rings (SSSR count). The molecule has 0 aromatic heterocycles. The minimum atomic E-state index is 0. The molecule has 0 aliphatic heterocycles. The van der Waals surface area contributed by atoms with Crippen LogP contribution in [-0.2, 0) is 11.2 Å². The first-order valence-corrected chi connectivity index (χ1v) is 8.97. The number of ether oxygens (including phenoxy) is 1. The number of aliphatic imine (C=N–C) groups is 1. The van der Waals surface area contributed by atoms with E-state index in [9.17, 15) is 0 Å². The molecular formula is C17H28Cl2IN3O. The molecule has 0 amide bonds. The number of hydrogen-bond acceptors (Lipinski definition) is 2. The molecule has 0 bridgehead atoms. The molecule has 0 saturated heterocycles. The monoisotopic (exact) mass is 487 g/mol. The predicted molar refractivity (Wildman–Crippen MR) is 115 cm³/mol. The third kappa shape index (κ3) is 9.91. The zero-order valence-corrected chi connectivity index (χ0v) is 18.3. The van der Waals surface area contributed by atoms with Crippen molar-refractivity contribution >= 4 is 53.1 Å². The zero-order valence-electron chi connectivity index (χ0n) is 14.4. The van der Waals surface area contributed by atoms with Gasteiger partial charge >= 0.3 is 0 Å². The molecule has 0 atom stereocenters. The molecule has 0 fully saturated rings. The summed E-state index contributed by atoms with van der Waals surface area (Å²) in [4.78, 5) is 4.56. The number of rotatable bonds is 10. The highest BCUT2D eigenvalue weighted by Crippen LogP contribution is 2.24. The van der Waals surface area contributed by atoms with Crippen LogP contribution < -0.4 is 10.6 Å². The lowest BCUT2D eigenvalue weighted by molar-refractivity contribution is 0.144. The van der Waals surface area contributed by atoms with Crippen LogP contribution in [0.3, 0.4) is 0 Å². The normalized spacial score (nSPS) is 11.1. The van der Waals surface area contributed by atoms with Gasteiger partial charge in [0.2, 0.25) is 0 Å². The molecule has 0 heterocycles. The maximum absolute atomic E-state index is 6.18. The number of hydrogen-bond donors (Lipinski definition) is 2. The lowest BCUT2D eigenvalue weighted by Crippen LogP contribution is -2.38. The van der Waals surface area contributed by atoms with E-state index in [0.29, 0.717) is 10.0 Å². The fraction of sp³-hybridized carbons (Fsp3) is 0.588. The topological polar surface area (TPSA) is 45.7 Å². The van der Waals surface area contributed by atoms with Crippen molar-refractivity contribution in [1.82, 2.24) is 10.6 Å². The van der Waals surface area contributed by atoms with E-state index in [2.05, 4.69) is 22.5 Å². The lowest BCUT2D eigenvalue weighted by atomic mass is 10.1. The maximum Gasteiger partial charge on any atom is 0.191 e. The van der Waals surface area contributed by atoms with E-state index >= 15 is 0 Å². The Kier molecular flexibility index (Phi) is 14.9. The molecule has 0 aliphatic carbocycles. The summed E-state index contributed by atoms with van der Waals surface area (Å²) in [6, 6.07) is 5.58. The van der Waals surface area contributed by atoms with Crippen LogP contribution in [0.4, 0.5) is 0 Å². The van der Waals surface area contributed by atoms with Gasteiger partial charge in [-0.1, -0.05) is 29.3 Å². The van der Waals surface area contributed by atoms with Crippen molar-refractivity contribution in [1.29, 1.82) is 0 Å². The highest BCUT2D eigenvalue weighted by molar-refractivity contribution is 14.0. The number of nitrogens with one attached hydrogen (secondary N) is 2. The Morgan fingerprint density at radius 2 is 1.83 bits per heavy atom. The van der Waals surface area contributed by atoms with E-state index in [-0.39, 0.29) is 24.0 Å². The second kappa shape index (κ2) is 15.0. The third-order valence-electron chi connectivity index (χ3n) is 3.24. The molecule has 7 heteroatoms. The second-order valence-electron chi connectivity index (χ2n) is 5.04. The van der Waals surface area contributed by atoms with Gasteiger partial charge in [0.05, 0.1) is 0 Å². The van der Waals surface area contributed by atoms with Gasteiger partial charge in [0.25, 0.3) is 0 Å². The largest absolute Gasteiger partial charge is 0.382 e. The Balaban J connectivity index is 0.00000529. The molecule has 0 aliphatic rings. The van der Waals surface area contributed by atoms with Crippen molar-refractivity contribution in [3.8, 4) is 0 Å². The summed E-state index contributed by atoms with van der Waals surface area (Å²) in [5.41, 5.74) is 0.968. The van der Waals surface area contributed by atoms with Gasteiger partial charge in [-0.2, -0.15) is 0 Å². The molecular weight excluding hydrogens is 460 g/mol. The number of halogens is 3. The average molecular weight is 488 g/mol. The van der Waals surface area contributed by atoms with Crippen molar-refractivity contribution in [2.45, 2.75) is 33.1 Å². The fourth-order valence-electron chi connectivity index (χ4n) is 2.07. The van der Waals surface area contributed by atoms with Gasteiger partial charge < -0.3 is 15.4 Å². The molecule has 1 aromatic rings. The number of unbranched alkanes of at least 4 members (excludes halogenated alkanes) is 1. The first kappa shape index (κ1) is 23.8. The van der Waals surface area contributed by atoms with Crippen LogP contribution in [-0.4, -0.2) is 38.8 Å². The molecule has 0 radical (unpaired) electrons. The molecule has 0 spiro atoms. The van der Waals surface area contributed by atoms with Crippen molar-refractivity contribution in [2.24, 2.45) is 4.99 Å². The summed E-state index contributed by atoms with van der Waals surface area (Å²) in [7, 11) is 0. The van der Waals surface area contributed by atoms with E-state index in [1.165, 1.54) is 0 Å². The van der Waals surface area contributed by atoms with E-state index in [1.807, 2.05) is 25.1 Å². The Labute approximate surface area is 172 Å². The summed E-state index contributed by atoms with van der Waals surface area (Å²) < 4.78 is 5.32. The van der Waals surface area contributed by atoms with Crippen LogP contribution in [0.15, 0.2) is 23.2 Å². The van der Waals surface area contributed by atoms with Gasteiger partial charge in [-0.3, -0.25) is 4.99 Å². The van der Waals surface area contributed by atoms with Crippen LogP contribution in [0.2, 0.25) is 10.0 Å². The maximum atomic E-state index is 6.18. The predicted octanol–water partition coefficient (Wildman–Crippen LogP) is 4.53. The van der Waals surface area contributed by atoms with Gasteiger partial charge in [0, 0.05) is 42.9 Å². The van der Waals surface area contributed by atoms with E-state index in [4.69, 9.17) is 27.9 Å². The van der Waals surface area contributed by atoms with Crippen LogP contribution in [0.25, 0.3) is 0 Å². The molecule has 4 nitrogen and oxygen atoms in total. The number of benzene rings is 1. The van der Waals surface area contributed by atoms with Crippen LogP contribution in [0.1, 0.15) is 32.3 Å². The summed E-state index contributed by atoms with van der Waals surface area (Å²) in [6.45, 7) is 7.99. The van der Waals surface area contributed by atoms with Gasteiger partial charge in [-0.15, -0.1) is 24.0 Å². The molecule has 1 aromatic carbocycles. The van der Waals surface area contributed by atoms with Crippen molar-refractivity contribution < 1.29 is 4.74 Å². The molecule has 2 N–H and O–H groups in total. The summed E-state index contributed by atoms with van der Waals surface area (Å²) in [6.07, 6.45) is 2.81. The van der Waals surface area contributed by atoms with Crippen LogP contribution in [0, 0.1) is 0 Å². The highest BCUT2D eigenvalue weighted by atomic mass is 127. The minimum absolute atomic E-state index is 0. The van der Waals surface area contributed by atoms with Crippen molar-refractivity contribution in [2.75, 3.05) is 32.8 Å². The summed E-state index contributed by atoms with van der Waals surface area (Å²) >= 11 is 12.4. The van der Waals surface area contributed by atoms with Gasteiger partial charge in [0.1, 0.15) is 0 Å². The third-order valence-corrected chi connectivity index (χ3v) is 3.95. The van der Waals surface area contributed by atoms with E-state index in [1.54, 1.807) is 0 Å². The number of guanidine groups is 1. The van der Waals surface area contributed by atoms with Gasteiger partial charge in [0.15, 0.2) is 5.96 Å². The molecule has 138 valence electrons. The van der Waals surface area contributed by atoms with Crippen LogP contribution >= 0.6 is 47.2 Å². The molecule has 0 saturated carbocycles. The van der Waals surface area contributed by atoms with Crippen molar-refractivity contribution in [3.05, 3.63) is 33.8 Å². The Bertz CT molecular complexity index is 467. The Morgan fingerprint density at radius 3 is 2.46 bits per heavy atom. The summed E-state index contributed by atoms with van der Waals surface area (Å²) in [5.74, 6) is 0.826. The summed E-state index contributed by atoms with van der Waals surface area (Å²) in [5, 5.41) is 7.97. The Hall–Kier alpha value is -0.240. The van der Waals surface area contributed by atoms with E-state index in [0.717, 1.165) is 63.6 Å². The number of nitrogens with zero attached hydrogens (tertiary/aromatic N) is 1. The van der Waals surface area contributed by atoms with Crippen molar-refractivity contribution in [3.63, 3.8) is 0 Å². The standard InChI is InChI=1S/C17H27Cl2N3O.HI/c1-3-20-17(21-11-5-6-13-23-4-2)22-12-10-14-15(18)8-7-9-16(14)19;/h7-9H,3-6,10-13H2,1-2H3,(H2,20,21,22);1H.